The largest absolute Gasteiger partial charge is 0.382 e. The van der Waals surface area contributed by atoms with E-state index in [4.69, 9.17) is 15.5 Å². The van der Waals surface area contributed by atoms with Crippen molar-refractivity contribution in [1.82, 2.24) is 29.4 Å². The van der Waals surface area contributed by atoms with Crippen molar-refractivity contribution < 1.29 is 4.74 Å². The van der Waals surface area contributed by atoms with Gasteiger partial charge < -0.3 is 10.5 Å². The molecule has 0 amide bonds. The van der Waals surface area contributed by atoms with Gasteiger partial charge in [0.1, 0.15) is 6.04 Å². The number of benzene rings is 1. The molecular formula is C23H21N7O. The molecule has 0 aliphatic carbocycles. The van der Waals surface area contributed by atoms with E-state index >= 15 is 0 Å². The maximum absolute atomic E-state index is 5.69. The lowest BCUT2D eigenvalue weighted by Crippen LogP contribution is -2.16. The fourth-order valence-corrected chi connectivity index (χ4v) is 3.61. The van der Waals surface area contributed by atoms with Crippen LogP contribution in [0, 0.1) is 0 Å². The van der Waals surface area contributed by atoms with Crippen molar-refractivity contribution in [2.75, 3.05) is 19.5 Å². The summed E-state index contributed by atoms with van der Waals surface area (Å²) in [6.07, 6.45) is 5.67. The predicted molar refractivity (Wildman–Crippen MR) is 118 cm³/mol. The number of hydrogen-bond donors (Lipinski definition) is 1. The summed E-state index contributed by atoms with van der Waals surface area (Å²) >= 11 is 0. The molecule has 0 saturated carbocycles. The monoisotopic (exact) mass is 411 g/mol. The number of pyridine rings is 2. The maximum Gasteiger partial charge on any atom is 0.240 e. The van der Waals surface area contributed by atoms with E-state index in [-0.39, 0.29) is 12.0 Å². The van der Waals surface area contributed by atoms with Crippen LogP contribution in [0.4, 0.5) is 5.95 Å². The summed E-state index contributed by atoms with van der Waals surface area (Å²) in [6.45, 7) is 0.528. The number of fused-ring (bicyclic) bond motifs is 1. The quantitative estimate of drug-likeness (QED) is 0.460. The van der Waals surface area contributed by atoms with Gasteiger partial charge in [0.15, 0.2) is 5.65 Å². The second kappa shape index (κ2) is 8.00. The van der Waals surface area contributed by atoms with Crippen LogP contribution in [-0.2, 0) is 4.74 Å². The molecule has 154 valence electrons. The first-order chi connectivity index (χ1) is 15.2. The van der Waals surface area contributed by atoms with Gasteiger partial charge in [0.2, 0.25) is 5.95 Å². The fraction of sp³-hybridized carbons (Fsp3) is 0.130. The highest BCUT2D eigenvalue weighted by Crippen LogP contribution is 2.25. The molecule has 8 heteroatoms. The van der Waals surface area contributed by atoms with E-state index in [1.165, 1.54) is 0 Å². The number of aromatic nitrogens is 6. The van der Waals surface area contributed by atoms with Crippen LogP contribution >= 0.6 is 0 Å². The van der Waals surface area contributed by atoms with E-state index in [1.54, 1.807) is 11.6 Å². The van der Waals surface area contributed by atoms with Crippen LogP contribution in [0.5, 0.6) is 0 Å². The molecule has 31 heavy (non-hydrogen) atoms. The molecule has 0 aliphatic heterocycles. The number of ether oxygens (including phenoxy) is 1. The minimum atomic E-state index is -0.0102. The fourth-order valence-electron chi connectivity index (χ4n) is 3.61. The first kappa shape index (κ1) is 19.0. The molecular weight excluding hydrogens is 390 g/mol. The number of anilines is 1. The Balaban J connectivity index is 1.48. The molecule has 4 heterocycles. The van der Waals surface area contributed by atoms with Crippen LogP contribution in [-0.4, -0.2) is 43.1 Å². The molecule has 4 aromatic heterocycles. The van der Waals surface area contributed by atoms with E-state index in [1.807, 2.05) is 71.8 Å². The van der Waals surface area contributed by atoms with Gasteiger partial charge >= 0.3 is 0 Å². The average molecular weight is 411 g/mol. The van der Waals surface area contributed by atoms with Crippen LogP contribution in [0.2, 0.25) is 0 Å². The van der Waals surface area contributed by atoms with Gasteiger partial charge in [-0.2, -0.15) is 10.1 Å². The van der Waals surface area contributed by atoms with Crippen molar-refractivity contribution >= 4 is 11.6 Å². The number of nitrogens with zero attached hydrogens (tertiary/aromatic N) is 6. The molecule has 0 unspecified atom stereocenters. The first-order valence-electron chi connectivity index (χ1n) is 9.89. The molecule has 8 nitrogen and oxygen atoms in total. The lowest BCUT2D eigenvalue weighted by atomic mass is 10.1. The van der Waals surface area contributed by atoms with E-state index in [0.717, 1.165) is 28.1 Å². The van der Waals surface area contributed by atoms with Gasteiger partial charge in [-0.25, -0.2) is 9.50 Å². The van der Waals surface area contributed by atoms with Gasteiger partial charge in [-0.1, -0.05) is 36.4 Å². The molecule has 0 fully saturated rings. The average Bonchev–Trinajstić information content (AvgIpc) is 3.43. The topological polar surface area (TPSA) is 96.2 Å². The molecule has 0 radical (unpaired) electrons. The smallest absolute Gasteiger partial charge is 0.240 e. The number of nitrogen functional groups attached to an aromatic ring is 1. The molecule has 5 aromatic rings. The summed E-state index contributed by atoms with van der Waals surface area (Å²) in [7, 11) is 1.70. The Kier molecular flexibility index (Phi) is 4.89. The number of nitrogens with two attached hydrogens (primary N) is 1. The zero-order valence-corrected chi connectivity index (χ0v) is 17.0. The minimum Gasteiger partial charge on any atom is -0.382 e. The van der Waals surface area contributed by atoms with E-state index < -0.39 is 0 Å². The van der Waals surface area contributed by atoms with Gasteiger partial charge in [-0.15, -0.1) is 5.10 Å². The highest BCUT2D eigenvalue weighted by Gasteiger charge is 2.16. The Bertz CT molecular complexity index is 1330. The van der Waals surface area contributed by atoms with Crippen molar-refractivity contribution in [2.24, 2.45) is 0 Å². The van der Waals surface area contributed by atoms with Crippen LogP contribution in [0.3, 0.4) is 0 Å². The van der Waals surface area contributed by atoms with Gasteiger partial charge in [0.25, 0.3) is 0 Å². The Morgan fingerprint density at radius 1 is 0.968 bits per heavy atom. The summed E-state index contributed by atoms with van der Waals surface area (Å²) in [4.78, 5) is 9.07. The van der Waals surface area contributed by atoms with Gasteiger partial charge in [0, 0.05) is 30.6 Å². The maximum atomic E-state index is 5.69. The number of rotatable bonds is 6. The van der Waals surface area contributed by atoms with Crippen LogP contribution in [0.1, 0.15) is 11.6 Å². The normalized spacial score (nSPS) is 12.3. The summed E-state index contributed by atoms with van der Waals surface area (Å²) in [5, 5.41) is 8.71. The molecule has 1 aromatic carbocycles. The third kappa shape index (κ3) is 3.76. The molecule has 1 atom stereocenters. The van der Waals surface area contributed by atoms with Gasteiger partial charge in [0.05, 0.1) is 24.2 Å². The molecule has 0 saturated heterocycles. The lowest BCUT2D eigenvalue weighted by Gasteiger charge is -2.17. The van der Waals surface area contributed by atoms with Crippen molar-refractivity contribution in [3.05, 3.63) is 84.8 Å². The third-order valence-electron chi connectivity index (χ3n) is 5.12. The van der Waals surface area contributed by atoms with Gasteiger partial charge in [-0.3, -0.25) is 4.68 Å². The predicted octanol–water partition coefficient (Wildman–Crippen LogP) is 3.47. The Hall–Kier alpha value is -4.04. The zero-order valence-electron chi connectivity index (χ0n) is 17.0. The second-order valence-electron chi connectivity index (χ2n) is 7.19. The highest BCUT2D eigenvalue weighted by atomic mass is 16.5. The Morgan fingerprint density at radius 2 is 1.77 bits per heavy atom. The molecule has 5 rings (SSSR count). The molecule has 0 bridgehead atoms. The van der Waals surface area contributed by atoms with Crippen molar-refractivity contribution in [3.8, 4) is 22.5 Å². The Labute approximate surface area is 179 Å². The SMILES string of the molecule is COC[C@@H](c1ccccc1)n1cc(-c2cccc(-c3ccn4nc(N)nc4c3)n2)cn1. The summed E-state index contributed by atoms with van der Waals surface area (Å²) in [5.41, 5.74) is 11.1. The van der Waals surface area contributed by atoms with Crippen LogP contribution in [0.15, 0.2) is 79.3 Å². The zero-order chi connectivity index (χ0) is 21.2. The minimum absolute atomic E-state index is 0.0102. The van der Waals surface area contributed by atoms with Crippen molar-refractivity contribution in [3.63, 3.8) is 0 Å². The van der Waals surface area contributed by atoms with Crippen molar-refractivity contribution in [1.29, 1.82) is 0 Å². The Morgan fingerprint density at radius 3 is 2.58 bits per heavy atom. The third-order valence-corrected chi connectivity index (χ3v) is 5.12. The van der Waals surface area contributed by atoms with Gasteiger partial charge in [-0.05, 0) is 29.8 Å². The second-order valence-corrected chi connectivity index (χ2v) is 7.19. The first-order valence-corrected chi connectivity index (χ1v) is 9.89. The number of hydrogen-bond acceptors (Lipinski definition) is 6. The van der Waals surface area contributed by atoms with E-state index in [0.29, 0.717) is 12.3 Å². The molecule has 2 N–H and O–H groups in total. The summed E-state index contributed by atoms with van der Waals surface area (Å²) in [6, 6.07) is 20.0. The highest BCUT2D eigenvalue weighted by molar-refractivity contribution is 5.68. The summed E-state index contributed by atoms with van der Waals surface area (Å²) in [5.74, 6) is 0.246. The van der Waals surface area contributed by atoms with Crippen LogP contribution in [0.25, 0.3) is 28.2 Å². The van der Waals surface area contributed by atoms with E-state index in [9.17, 15) is 0 Å². The van der Waals surface area contributed by atoms with Crippen molar-refractivity contribution in [2.45, 2.75) is 6.04 Å². The molecule has 0 spiro atoms. The number of methoxy groups -OCH3 is 1. The van der Waals surface area contributed by atoms with Crippen LogP contribution < -0.4 is 5.73 Å². The lowest BCUT2D eigenvalue weighted by molar-refractivity contribution is 0.164. The van der Waals surface area contributed by atoms with E-state index in [2.05, 4.69) is 27.3 Å². The standard InChI is InChI=1S/C23H21N7O/c1-31-15-21(16-6-3-2-4-7-16)30-14-18(13-25-30)20-9-5-8-19(26-20)17-10-11-29-22(12-17)27-23(24)28-29/h2-14,21H,15H2,1H3,(H2,24,28)/t21-/m0/s1. The molecule has 0 aliphatic rings. The summed E-state index contributed by atoms with van der Waals surface area (Å²) < 4.78 is 9.01.